The lowest BCUT2D eigenvalue weighted by atomic mass is 9.87. The molecule has 1 aliphatic heterocycles. The summed E-state index contributed by atoms with van der Waals surface area (Å²) in [5, 5.41) is 3.27. The average Bonchev–Trinajstić information content (AvgIpc) is 2.46. The molecule has 1 aromatic rings. The molecule has 1 amide bonds. The molecule has 0 aliphatic carbocycles. The SMILES string of the molecule is CCc1ccccc1C(C)(C)NC(=O)C1CCCN(C)C1. The number of hydrogen-bond donors (Lipinski definition) is 1. The molecule has 1 N–H and O–H groups in total. The number of likely N-dealkylation sites (tertiary alicyclic amines) is 1. The van der Waals surface area contributed by atoms with Crippen molar-refractivity contribution in [2.75, 3.05) is 20.1 Å². The monoisotopic (exact) mass is 288 g/mol. The van der Waals surface area contributed by atoms with Gasteiger partial charge in [0.25, 0.3) is 0 Å². The van der Waals surface area contributed by atoms with Crippen LogP contribution >= 0.6 is 0 Å². The van der Waals surface area contributed by atoms with Gasteiger partial charge in [0.05, 0.1) is 11.5 Å². The van der Waals surface area contributed by atoms with Gasteiger partial charge in [0.1, 0.15) is 0 Å². The van der Waals surface area contributed by atoms with Crippen molar-refractivity contribution in [3.63, 3.8) is 0 Å². The summed E-state index contributed by atoms with van der Waals surface area (Å²) < 4.78 is 0. The van der Waals surface area contributed by atoms with E-state index in [4.69, 9.17) is 0 Å². The van der Waals surface area contributed by atoms with Gasteiger partial charge >= 0.3 is 0 Å². The summed E-state index contributed by atoms with van der Waals surface area (Å²) in [5.41, 5.74) is 2.22. The summed E-state index contributed by atoms with van der Waals surface area (Å²) in [4.78, 5) is 14.8. The number of amides is 1. The second-order valence-electron chi connectivity index (χ2n) is 6.73. The molecule has 1 saturated heterocycles. The van der Waals surface area contributed by atoms with Gasteiger partial charge in [0, 0.05) is 6.54 Å². The van der Waals surface area contributed by atoms with Crippen molar-refractivity contribution in [1.82, 2.24) is 10.2 Å². The van der Waals surface area contributed by atoms with Crippen LogP contribution in [0.25, 0.3) is 0 Å². The summed E-state index contributed by atoms with van der Waals surface area (Å²) in [7, 11) is 2.09. The van der Waals surface area contributed by atoms with E-state index in [-0.39, 0.29) is 17.4 Å². The van der Waals surface area contributed by atoms with Gasteiger partial charge in [-0.15, -0.1) is 0 Å². The number of aryl methyl sites for hydroxylation is 1. The number of benzene rings is 1. The van der Waals surface area contributed by atoms with Crippen LogP contribution in [0.5, 0.6) is 0 Å². The standard InChI is InChI=1S/C18H28N2O/c1-5-14-9-6-7-11-16(14)18(2,3)19-17(21)15-10-8-12-20(4)13-15/h6-7,9,11,15H,5,8,10,12-13H2,1-4H3,(H,19,21). The van der Waals surface area contributed by atoms with E-state index in [0.717, 1.165) is 32.4 Å². The first-order valence-corrected chi connectivity index (χ1v) is 8.03. The van der Waals surface area contributed by atoms with E-state index >= 15 is 0 Å². The van der Waals surface area contributed by atoms with E-state index in [1.54, 1.807) is 0 Å². The summed E-state index contributed by atoms with van der Waals surface area (Å²) >= 11 is 0. The van der Waals surface area contributed by atoms with Crippen LogP contribution in [0.1, 0.15) is 44.7 Å². The minimum atomic E-state index is -0.320. The highest BCUT2D eigenvalue weighted by Crippen LogP contribution is 2.26. The number of nitrogens with one attached hydrogen (secondary N) is 1. The van der Waals surface area contributed by atoms with E-state index in [0.29, 0.717) is 0 Å². The zero-order valence-electron chi connectivity index (χ0n) is 13.8. The molecule has 0 aromatic heterocycles. The predicted octanol–water partition coefficient (Wildman–Crippen LogP) is 2.94. The molecule has 0 saturated carbocycles. The van der Waals surface area contributed by atoms with Crippen molar-refractivity contribution in [3.8, 4) is 0 Å². The van der Waals surface area contributed by atoms with Crippen molar-refractivity contribution in [2.24, 2.45) is 5.92 Å². The molecule has 0 bridgehead atoms. The maximum absolute atomic E-state index is 12.6. The fraction of sp³-hybridized carbons (Fsp3) is 0.611. The Bertz CT molecular complexity index is 496. The van der Waals surface area contributed by atoms with Crippen molar-refractivity contribution in [2.45, 2.75) is 45.6 Å². The Morgan fingerprint density at radius 1 is 1.38 bits per heavy atom. The highest BCUT2D eigenvalue weighted by Gasteiger charge is 2.30. The van der Waals surface area contributed by atoms with Crippen LogP contribution in [0.2, 0.25) is 0 Å². The Labute approximate surface area is 128 Å². The van der Waals surface area contributed by atoms with Crippen LogP contribution in [0, 0.1) is 5.92 Å². The highest BCUT2D eigenvalue weighted by molar-refractivity contribution is 5.80. The molecule has 2 rings (SSSR count). The molecular formula is C18H28N2O. The predicted molar refractivity (Wildman–Crippen MR) is 87.2 cm³/mol. The molecule has 0 spiro atoms. The second-order valence-corrected chi connectivity index (χ2v) is 6.73. The molecule has 1 heterocycles. The van der Waals surface area contributed by atoms with Crippen LogP contribution < -0.4 is 5.32 Å². The topological polar surface area (TPSA) is 32.3 Å². The van der Waals surface area contributed by atoms with Gasteiger partial charge in [-0.25, -0.2) is 0 Å². The van der Waals surface area contributed by atoms with E-state index < -0.39 is 0 Å². The van der Waals surface area contributed by atoms with Crippen LogP contribution in [-0.4, -0.2) is 30.9 Å². The number of carbonyl (C=O) groups excluding carboxylic acids is 1. The minimum Gasteiger partial charge on any atom is -0.347 e. The fourth-order valence-electron chi connectivity index (χ4n) is 3.30. The van der Waals surface area contributed by atoms with Crippen LogP contribution in [0.15, 0.2) is 24.3 Å². The van der Waals surface area contributed by atoms with Crippen LogP contribution in [0.3, 0.4) is 0 Å². The molecule has 1 unspecified atom stereocenters. The smallest absolute Gasteiger partial charge is 0.225 e. The van der Waals surface area contributed by atoms with Gasteiger partial charge in [-0.05, 0) is 57.8 Å². The summed E-state index contributed by atoms with van der Waals surface area (Å²) in [6.07, 6.45) is 3.10. The Morgan fingerprint density at radius 3 is 2.76 bits per heavy atom. The molecule has 1 aromatic carbocycles. The van der Waals surface area contributed by atoms with E-state index in [1.165, 1.54) is 11.1 Å². The Morgan fingerprint density at radius 2 is 2.10 bits per heavy atom. The fourth-order valence-corrected chi connectivity index (χ4v) is 3.30. The van der Waals surface area contributed by atoms with Crippen LogP contribution in [-0.2, 0) is 16.8 Å². The average molecular weight is 288 g/mol. The zero-order valence-corrected chi connectivity index (χ0v) is 13.8. The Balaban J connectivity index is 2.11. The van der Waals surface area contributed by atoms with E-state index in [2.05, 4.69) is 62.3 Å². The minimum absolute atomic E-state index is 0.122. The summed E-state index contributed by atoms with van der Waals surface area (Å²) in [6.45, 7) is 8.34. The van der Waals surface area contributed by atoms with Crippen molar-refractivity contribution in [1.29, 1.82) is 0 Å². The molecule has 116 valence electrons. The number of piperidine rings is 1. The lowest BCUT2D eigenvalue weighted by molar-refractivity contribution is -0.128. The van der Waals surface area contributed by atoms with Crippen molar-refractivity contribution in [3.05, 3.63) is 35.4 Å². The maximum Gasteiger partial charge on any atom is 0.225 e. The number of nitrogens with zero attached hydrogens (tertiary/aromatic N) is 1. The Hall–Kier alpha value is -1.35. The van der Waals surface area contributed by atoms with Gasteiger partial charge in [-0.1, -0.05) is 31.2 Å². The molecule has 1 aliphatic rings. The van der Waals surface area contributed by atoms with Crippen molar-refractivity contribution >= 4 is 5.91 Å². The molecule has 3 nitrogen and oxygen atoms in total. The normalized spacial score (nSPS) is 20.3. The third kappa shape index (κ3) is 3.85. The molecule has 1 atom stereocenters. The first kappa shape index (κ1) is 16.0. The molecule has 21 heavy (non-hydrogen) atoms. The van der Waals surface area contributed by atoms with Gasteiger partial charge < -0.3 is 10.2 Å². The number of rotatable bonds is 4. The lowest BCUT2D eigenvalue weighted by Crippen LogP contribution is -2.48. The number of hydrogen-bond acceptors (Lipinski definition) is 2. The van der Waals surface area contributed by atoms with Gasteiger partial charge in [-0.3, -0.25) is 4.79 Å². The quantitative estimate of drug-likeness (QED) is 0.924. The van der Waals surface area contributed by atoms with Crippen LogP contribution in [0.4, 0.5) is 0 Å². The molecule has 1 fully saturated rings. The third-order valence-corrected chi connectivity index (χ3v) is 4.50. The second kappa shape index (κ2) is 6.61. The Kier molecular flexibility index (Phi) is 5.04. The first-order valence-electron chi connectivity index (χ1n) is 8.03. The van der Waals surface area contributed by atoms with Crippen molar-refractivity contribution < 1.29 is 4.79 Å². The zero-order chi connectivity index (χ0) is 15.5. The highest BCUT2D eigenvalue weighted by atomic mass is 16.2. The molecular weight excluding hydrogens is 260 g/mol. The summed E-state index contributed by atoms with van der Waals surface area (Å²) in [5.74, 6) is 0.314. The van der Waals surface area contributed by atoms with E-state index in [1.807, 2.05) is 0 Å². The van der Waals surface area contributed by atoms with Gasteiger partial charge in [0.15, 0.2) is 0 Å². The largest absolute Gasteiger partial charge is 0.347 e. The number of carbonyl (C=O) groups is 1. The maximum atomic E-state index is 12.6. The third-order valence-electron chi connectivity index (χ3n) is 4.50. The van der Waals surface area contributed by atoms with Gasteiger partial charge in [-0.2, -0.15) is 0 Å². The molecule has 3 heteroatoms. The van der Waals surface area contributed by atoms with Gasteiger partial charge in [0.2, 0.25) is 5.91 Å². The first-order chi connectivity index (χ1) is 9.94. The molecule has 0 radical (unpaired) electrons. The van der Waals surface area contributed by atoms with E-state index in [9.17, 15) is 4.79 Å². The summed E-state index contributed by atoms with van der Waals surface area (Å²) in [6, 6.07) is 8.40. The lowest BCUT2D eigenvalue weighted by Gasteiger charge is -2.34.